The van der Waals surface area contributed by atoms with Crippen LogP contribution in [0.15, 0.2) is 36.5 Å². The van der Waals surface area contributed by atoms with Gasteiger partial charge in [-0.2, -0.15) is 0 Å². The van der Waals surface area contributed by atoms with Crippen molar-refractivity contribution < 1.29 is 42.7 Å². The lowest BCUT2D eigenvalue weighted by Gasteiger charge is -2.18. The lowest BCUT2D eigenvalue weighted by Crippen LogP contribution is -2.29. The van der Waals surface area contributed by atoms with Gasteiger partial charge in [0, 0.05) is 12.8 Å². The van der Waals surface area contributed by atoms with Crippen molar-refractivity contribution in [1.29, 1.82) is 0 Å². The summed E-state index contributed by atoms with van der Waals surface area (Å²) in [6.07, 6.45) is 32.0. The van der Waals surface area contributed by atoms with Crippen molar-refractivity contribution in [2.75, 3.05) is 13.2 Å². The molecule has 1 aliphatic heterocycles. The Morgan fingerprint density at radius 2 is 1.29 bits per heavy atom. The lowest BCUT2D eigenvalue weighted by atomic mass is 10.1. The van der Waals surface area contributed by atoms with Crippen LogP contribution in [0.5, 0.6) is 0 Å². The summed E-state index contributed by atoms with van der Waals surface area (Å²) in [6, 6.07) is 0. The van der Waals surface area contributed by atoms with Crippen LogP contribution in [0.2, 0.25) is 0 Å². The first-order valence-corrected chi connectivity index (χ1v) is 18.9. The van der Waals surface area contributed by atoms with Crippen molar-refractivity contribution in [2.24, 2.45) is 0 Å². The first-order chi connectivity index (χ1) is 21.7. The molecule has 1 saturated heterocycles. The molecule has 0 saturated carbocycles. The number of ether oxygens (including phenoxy) is 3. The van der Waals surface area contributed by atoms with Gasteiger partial charge >= 0.3 is 19.8 Å². The van der Waals surface area contributed by atoms with Crippen molar-refractivity contribution in [3.63, 3.8) is 0 Å². The molecule has 0 amide bonds. The Labute approximate surface area is 272 Å². The molecule has 1 heterocycles. The van der Waals surface area contributed by atoms with E-state index in [1.807, 2.05) is 12.2 Å². The maximum absolute atomic E-state index is 12.3. The Morgan fingerprint density at radius 1 is 0.711 bits per heavy atom. The summed E-state index contributed by atoms with van der Waals surface area (Å²) in [5.74, 6) is -0.960. The van der Waals surface area contributed by atoms with Crippen LogP contribution in [0.1, 0.15) is 142 Å². The molecule has 0 aliphatic carbocycles. The lowest BCUT2D eigenvalue weighted by molar-refractivity contribution is -0.161. The van der Waals surface area contributed by atoms with E-state index in [1.54, 1.807) is 0 Å². The van der Waals surface area contributed by atoms with Gasteiger partial charge in [0.1, 0.15) is 6.61 Å². The van der Waals surface area contributed by atoms with Gasteiger partial charge in [-0.3, -0.25) is 14.1 Å². The van der Waals surface area contributed by atoms with Gasteiger partial charge < -0.3 is 24.0 Å². The normalized spacial score (nSPS) is 17.4. The fraction of sp³-hybridized carbons (Fsp3) is 0.771. The third kappa shape index (κ3) is 27.1. The number of hydrogen-bond acceptors (Lipinski definition) is 7. The summed E-state index contributed by atoms with van der Waals surface area (Å²) < 4.78 is 31.8. The smallest absolute Gasteiger partial charge is 0.462 e. The van der Waals surface area contributed by atoms with Crippen LogP contribution in [-0.2, 0) is 32.9 Å². The average molecular weight is 657 g/mol. The van der Waals surface area contributed by atoms with E-state index in [4.69, 9.17) is 24.0 Å². The van der Waals surface area contributed by atoms with Crippen molar-refractivity contribution in [2.45, 2.75) is 161 Å². The van der Waals surface area contributed by atoms with Crippen molar-refractivity contribution in [3.8, 4) is 0 Å². The molecule has 10 heteroatoms. The highest BCUT2D eigenvalue weighted by molar-refractivity contribution is 7.46. The topological polar surface area (TPSA) is 132 Å². The van der Waals surface area contributed by atoms with E-state index in [9.17, 15) is 14.2 Å². The predicted octanol–water partition coefficient (Wildman–Crippen LogP) is 8.83. The van der Waals surface area contributed by atoms with Crippen molar-refractivity contribution in [3.05, 3.63) is 36.5 Å². The molecule has 1 aliphatic rings. The molecule has 260 valence electrons. The number of unbranched alkanes of at least 4 members (excludes halogenated alkanes) is 11. The van der Waals surface area contributed by atoms with Gasteiger partial charge in [-0.1, -0.05) is 121 Å². The number of phosphoric ester groups is 1. The third-order valence-corrected chi connectivity index (χ3v) is 8.07. The Balaban J connectivity index is 2.16. The molecule has 1 fully saturated rings. The minimum atomic E-state index is -4.76. The van der Waals surface area contributed by atoms with Gasteiger partial charge in [0.05, 0.1) is 18.8 Å². The Bertz CT molecular complexity index is 896. The summed E-state index contributed by atoms with van der Waals surface area (Å²) in [5.41, 5.74) is 0. The molecule has 0 aromatic rings. The quantitative estimate of drug-likeness (QED) is 0.0256. The number of phosphoric acid groups is 1. The molecule has 0 radical (unpaired) electrons. The highest BCUT2D eigenvalue weighted by Crippen LogP contribution is 2.36. The maximum Gasteiger partial charge on any atom is 0.469 e. The second kappa shape index (κ2) is 27.4. The molecular weight excluding hydrogens is 595 g/mol. The number of epoxide rings is 1. The minimum Gasteiger partial charge on any atom is -0.462 e. The number of rotatable bonds is 30. The van der Waals surface area contributed by atoms with E-state index in [-0.39, 0.29) is 19.4 Å². The van der Waals surface area contributed by atoms with Crippen molar-refractivity contribution in [1.82, 2.24) is 0 Å². The molecule has 0 aromatic carbocycles. The molecule has 1 rings (SSSR count). The first kappa shape index (κ1) is 41.3. The zero-order chi connectivity index (χ0) is 33.0. The standard InChI is InChI=1S/C35H61O9P/c1-3-5-7-8-9-12-16-19-23-27-34(36)41-29-31(30-42-45(38,39)40)43-35(37)28-24-20-17-14-11-10-13-15-18-22-26-33-32(44-33)25-21-6-4-2/h10,13-14,17-18,22,31-33H,3-9,11-12,15-16,19-21,23-30H2,1-2H3,(H2,38,39,40)/b13-10-,17-14-,22-18-/t31-,32?,33?/m1/s1. The fourth-order valence-corrected chi connectivity index (χ4v) is 5.23. The van der Waals surface area contributed by atoms with Gasteiger partial charge in [0.2, 0.25) is 0 Å². The number of carbonyl (C=O) groups is 2. The Morgan fingerprint density at radius 3 is 1.96 bits per heavy atom. The predicted molar refractivity (Wildman–Crippen MR) is 179 cm³/mol. The van der Waals surface area contributed by atoms with E-state index in [1.165, 1.54) is 57.8 Å². The zero-order valence-electron chi connectivity index (χ0n) is 28.0. The molecule has 2 unspecified atom stereocenters. The van der Waals surface area contributed by atoms with Gasteiger partial charge in [-0.15, -0.1) is 0 Å². The van der Waals surface area contributed by atoms with Crippen LogP contribution in [0.4, 0.5) is 0 Å². The fourth-order valence-electron chi connectivity index (χ4n) is 4.87. The van der Waals surface area contributed by atoms with E-state index in [0.717, 1.165) is 38.5 Å². The summed E-state index contributed by atoms with van der Waals surface area (Å²) in [5, 5.41) is 0. The highest BCUT2D eigenvalue weighted by Gasteiger charge is 2.36. The zero-order valence-corrected chi connectivity index (χ0v) is 28.8. The SMILES string of the molecule is CCCCCCCCCCCC(=O)OC[C@H](COP(=O)(O)O)OC(=O)CCC/C=C\C/C=C\C/C=C\CC1OC1CCCCC. The van der Waals surface area contributed by atoms with E-state index < -0.39 is 32.5 Å². The number of esters is 2. The van der Waals surface area contributed by atoms with E-state index in [0.29, 0.717) is 31.5 Å². The van der Waals surface area contributed by atoms with E-state index in [2.05, 4.69) is 42.7 Å². The molecule has 45 heavy (non-hydrogen) atoms. The second-order valence-corrected chi connectivity index (χ2v) is 13.1. The minimum absolute atomic E-state index is 0.133. The van der Waals surface area contributed by atoms with Crippen LogP contribution in [-0.4, -0.2) is 53.3 Å². The van der Waals surface area contributed by atoms with Gasteiger partial charge in [-0.05, 0) is 44.9 Å². The van der Waals surface area contributed by atoms with Crippen LogP contribution in [0, 0.1) is 0 Å². The Hall–Kier alpha value is -1.77. The number of hydrogen-bond donors (Lipinski definition) is 2. The van der Waals surface area contributed by atoms with Crippen LogP contribution in [0.25, 0.3) is 0 Å². The van der Waals surface area contributed by atoms with Crippen LogP contribution in [0.3, 0.4) is 0 Å². The average Bonchev–Trinajstić information content (AvgIpc) is 3.75. The summed E-state index contributed by atoms with van der Waals surface area (Å²) >= 11 is 0. The highest BCUT2D eigenvalue weighted by atomic mass is 31.2. The van der Waals surface area contributed by atoms with Crippen LogP contribution < -0.4 is 0 Å². The first-order valence-electron chi connectivity index (χ1n) is 17.4. The van der Waals surface area contributed by atoms with Crippen molar-refractivity contribution >= 4 is 19.8 Å². The molecule has 0 aromatic heterocycles. The molecule has 3 atom stereocenters. The summed E-state index contributed by atoms with van der Waals surface area (Å²) in [7, 11) is -4.76. The van der Waals surface area contributed by atoms with Crippen LogP contribution >= 0.6 is 7.82 Å². The number of allylic oxidation sites excluding steroid dienone is 5. The summed E-state index contributed by atoms with van der Waals surface area (Å²) in [6.45, 7) is 3.55. The van der Waals surface area contributed by atoms with Gasteiger partial charge in [0.15, 0.2) is 6.10 Å². The Kier molecular flexibility index (Phi) is 25.1. The number of carbonyl (C=O) groups excluding carboxylic acids is 2. The van der Waals surface area contributed by atoms with E-state index >= 15 is 0 Å². The van der Waals surface area contributed by atoms with Gasteiger partial charge in [0.25, 0.3) is 0 Å². The molecule has 0 bridgehead atoms. The molecular formula is C35H61O9P. The van der Waals surface area contributed by atoms with Gasteiger partial charge in [-0.25, -0.2) is 4.57 Å². The summed E-state index contributed by atoms with van der Waals surface area (Å²) in [4.78, 5) is 42.5. The third-order valence-electron chi connectivity index (χ3n) is 7.59. The monoisotopic (exact) mass is 656 g/mol. The largest absolute Gasteiger partial charge is 0.469 e. The maximum atomic E-state index is 12.3. The molecule has 0 spiro atoms. The molecule has 9 nitrogen and oxygen atoms in total. The molecule has 2 N–H and O–H groups in total. The second-order valence-electron chi connectivity index (χ2n) is 11.9.